The topological polar surface area (TPSA) is 123 Å². The minimum atomic E-state index is -0.365. The van der Waals surface area contributed by atoms with Gasteiger partial charge >= 0.3 is 18.0 Å². The number of hydrogen-bond acceptors (Lipinski definition) is 7. The average molecular weight is 679 g/mol. The predicted octanol–water partition coefficient (Wildman–Crippen LogP) is 8.11. The Labute approximate surface area is 296 Å². The second-order valence-corrected chi connectivity index (χ2v) is 12.5. The molecule has 0 spiro atoms. The van der Waals surface area contributed by atoms with E-state index < -0.39 is 0 Å². The molecule has 0 bridgehead atoms. The molecule has 9 nitrogen and oxygen atoms in total. The van der Waals surface area contributed by atoms with E-state index in [2.05, 4.69) is 15.4 Å². The van der Waals surface area contributed by atoms with Gasteiger partial charge in [-0.15, -0.1) is 0 Å². The van der Waals surface area contributed by atoms with Crippen molar-refractivity contribution in [1.29, 1.82) is 0 Å². The third kappa shape index (κ3) is 12.4. The summed E-state index contributed by atoms with van der Waals surface area (Å²) in [7, 11) is 2.74. The van der Waals surface area contributed by atoms with Crippen LogP contribution in [0.25, 0.3) is 0 Å². The Morgan fingerprint density at radius 1 is 0.660 bits per heavy atom. The lowest BCUT2D eigenvalue weighted by Crippen LogP contribution is -2.43. The molecule has 0 saturated heterocycles. The van der Waals surface area contributed by atoms with Gasteiger partial charge in [-0.25, -0.2) is 14.4 Å². The van der Waals surface area contributed by atoms with Gasteiger partial charge in [-0.05, 0) is 85.3 Å². The van der Waals surface area contributed by atoms with Crippen molar-refractivity contribution in [1.82, 2.24) is 5.32 Å². The molecule has 6 rings (SSSR count). The second kappa shape index (κ2) is 20.4. The number of para-hydroxylation sites is 2. The van der Waals surface area contributed by atoms with Crippen molar-refractivity contribution in [2.24, 2.45) is 5.73 Å². The predicted molar refractivity (Wildman–Crippen MR) is 199 cm³/mol. The molecule has 4 aromatic carbocycles. The number of anilines is 2. The molecule has 2 amide bonds. The molecule has 0 aliphatic heterocycles. The maximum absolute atomic E-state index is 12.9. The van der Waals surface area contributed by atoms with Crippen LogP contribution in [-0.2, 0) is 22.6 Å². The second-order valence-electron chi connectivity index (χ2n) is 12.5. The van der Waals surface area contributed by atoms with Gasteiger partial charge in [-0.2, -0.15) is 0 Å². The molecule has 0 unspecified atom stereocenters. The van der Waals surface area contributed by atoms with Gasteiger partial charge in [0.05, 0.1) is 31.9 Å². The summed E-state index contributed by atoms with van der Waals surface area (Å²) in [6.45, 7) is 1.16. The number of rotatable bonds is 9. The molecule has 4 aromatic rings. The highest BCUT2D eigenvalue weighted by molar-refractivity contribution is 5.92. The van der Waals surface area contributed by atoms with Crippen molar-refractivity contribution in [2.75, 3.05) is 24.4 Å². The van der Waals surface area contributed by atoms with Gasteiger partial charge in [0.1, 0.15) is 0 Å². The summed E-state index contributed by atoms with van der Waals surface area (Å²) >= 11 is 0. The molecule has 4 N–H and O–H groups in total. The minimum Gasteiger partial charge on any atom is -0.465 e. The normalized spacial score (nSPS) is 13.9. The van der Waals surface area contributed by atoms with Crippen LogP contribution in [0.4, 0.5) is 16.2 Å². The molecule has 2 aliphatic rings. The third-order valence-corrected chi connectivity index (χ3v) is 8.76. The molecule has 2 fully saturated rings. The first-order valence-corrected chi connectivity index (χ1v) is 17.4. The number of nitrogens with one attached hydrogen (secondary N) is 2. The highest BCUT2D eigenvalue weighted by Crippen LogP contribution is 2.21. The van der Waals surface area contributed by atoms with E-state index in [0.717, 1.165) is 41.9 Å². The highest BCUT2D eigenvalue weighted by Gasteiger charge is 2.22. The van der Waals surface area contributed by atoms with E-state index in [4.69, 9.17) is 10.5 Å². The molecule has 264 valence electrons. The summed E-state index contributed by atoms with van der Waals surface area (Å²) < 4.78 is 9.38. The smallest absolute Gasteiger partial charge is 0.337 e. The molecule has 0 radical (unpaired) electrons. The van der Waals surface area contributed by atoms with Gasteiger partial charge in [0.2, 0.25) is 0 Å². The molecular formula is C41H50N4O5. The first kappa shape index (κ1) is 37.7. The lowest BCUT2D eigenvalue weighted by molar-refractivity contribution is 0.0592. The average Bonchev–Trinajstić information content (AvgIpc) is 3.88. The van der Waals surface area contributed by atoms with Crippen LogP contribution in [-0.4, -0.2) is 44.3 Å². The zero-order valence-electron chi connectivity index (χ0n) is 29.2. The Kier molecular flexibility index (Phi) is 15.4. The van der Waals surface area contributed by atoms with E-state index in [-0.39, 0.29) is 24.0 Å². The van der Waals surface area contributed by atoms with Crippen molar-refractivity contribution in [3.05, 3.63) is 131 Å². The van der Waals surface area contributed by atoms with Crippen LogP contribution in [0.3, 0.4) is 0 Å². The van der Waals surface area contributed by atoms with Crippen molar-refractivity contribution in [3.63, 3.8) is 0 Å². The number of nitrogens with zero attached hydrogens (tertiary/aromatic N) is 1. The zero-order chi connectivity index (χ0) is 35.6. The summed E-state index contributed by atoms with van der Waals surface area (Å²) in [5, 5.41) is 6.46. The molecule has 0 heterocycles. The SMILES string of the molecule is COC(=O)c1ccc(CN(C(=O)NC2CCCC2)c2ccccc2)cc1.COC(=O)c1ccc(CNc2ccccc2)cc1.NC1CCCC1. The number of hydrogen-bond donors (Lipinski definition) is 3. The number of ether oxygens (including phenoxy) is 2. The lowest BCUT2D eigenvalue weighted by atomic mass is 10.1. The lowest BCUT2D eigenvalue weighted by Gasteiger charge is -2.25. The fourth-order valence-corrected chi connectivity index (χ4v) is 5.85. The Morgan fingerprint density at radius 3 is 1.62 bits per heavy atom. The minimum absolute atomic E-state index is 0.0832. The van der Waals surface area contributed by atoms with Gasteiger partial charge in [0.15, 0.2) is 0 Å². The van der Waals surface area contributed by atoms with E-state index >= 15 is 0 Å². The third-order valence-electron chi connectivity index (χ3n) is 8.76. The molecular weight excluding hydrogens is 628 g/mol. The Morgan fingerprint density at radius 2 is 1.14 bits per heavy atom. The number of methoxy groups -OCH3 is 2. The number of amides is 2. The van der Waals surface area contributed by atoms with Crippen LogP contribution in [0.2, 0.25) is 0 Å². The van der Waals surface area contributed by atoms with Crippen LogP contribution in [0.1, 0.15) is 83.2 Å². The van der Waals surface area contributed by atoms with Gasteiger partial charge in [0.25, 0.3) is 0 Å². The van der Waals surface area contributed by atoms with E-state index in [1.54, 1.807) is 29.2 Å². The quantitative estimate of drug-likeness (QED) is 0.153. The van der Waals surface area contributed by atoms with Crippen molar-refractivity contribution >= 4 is 29.3 Å². The molecule has 0 aromatic heterocycles. The molecule has 50 heavy (non-hydrogen) atoms. The summed E-state index contributed by atoms with van der Waals surface area (Å²) in [6.07, 6.45) is 9.68. The van der Waals surface area contributed by atoms with Gasteiger partial charge in [0, 0.05) is 30.0 Å². The standard InChI is InChI=1S/C21H24N2O3.C15H15NO2.C5H11N/c1-26-20(24)17-13-11-16(12-14-17)15-23(19-9-3-2-4-10-19)21(25)22-18-7-5-6-8-18;1-18-15(17)13-9-7-12(8-10-13)11-16-14-5-3-2-4-6-14;6-5-3-1-2-4-5/h2-4,9-14,18H,5-8,15H2,1H3,(H,22,25);2-10,16H,11H2,1H3;5H,1-4,6H2. The van der Waals surface area contributed by atoms with Crippen molar-refractivity contribution in [2.45, 2.75) is 76.5 Å². The maximum atomic E-state index is 12.9. The monoisotopic (exact) mass is 678 g/mol. The number of nitrogens with two attached hydrogens (primary N) is 1. The van der Waals surface area contributed by atoms with Crippen LogP contribution >= 0.6 is 0 Å². The number of esters is 2. The van der Waals surface area contributed by atoms with Gasteiger partial charge in [-0.1, -0.05) is 86.3 Å². The van der Waals surface area contributed by atoms with E-state index in [0.29, 0.717) is 23.7 Å². The molecule has 2 aliphatic carbocycles. The largest absolute Gasteiger partial charge is 0.465 e. The number of carbonyl (C=O) groups is 3. The fraction of sp³-hybridized carbons (Fsp3) is 0.341. The highest BCUT2D eigenvalue weighted by atomic mass is 16.5. The molecule has 9 heteroatoms. The van der Waals surface area contributed by atoms with Crippen LogP contribution in [0.15, 0.2) is 109 Å². The van der Waals surface area contributed by atoms with Crippen LogP contribution in [0.5, 0.6) is 0 Å². The van der Waals surface area contributed by atoms with E-state index in [9.17, 15) is 14.4 Å². The van der Waals surface area contributed by atoms with Crippen LogP contribution in [0, 0.1) is 0 Å². The summed E-state index contributed by atoms with van der Waals surface area (Å²) in [5.41, 5.74) is 10.6. The number of urea groups is 1. The van der Waals surface area contributed by atoms with E-state index in [1.807, 2.05) is 84.9 Å². The van der Waals surface area contributed by atoms with E-state index in [1.165, 1.54) is 52.7 Å². The fourth-order valence-electron chi connectivity index (χ4n) is 5.85. The molecule has 0 atom stereocenters. The Balaban J connectivity index is 0.000000201. The first-order chi connectivity index (χ1) is 24.4. The first-order valence-electron chi connectivity index (χ1n) is 17.4. The number of carbonyl (C=O) groups excluding carboxylic acids is 3. The van der Waals surface area contributed by atoms with Crippen LogP contribution < -0.4 is 21.3 Å². The Bertz CT molecular complexity index is 1590. The Hall–Kier alpha value is -5.15. The van der Waals surface area contributed by atoms with Crippen molar-refractivity contribution < 1.29 is 23.9 Å². The summed E-state index contributed by atoms with van der Waals surface area (Å²) in [6, 6.07) is 34.9. The summed E-state index contributed by atoms with van der Waals surface area (Å²) in [4.78, 5) is 37.4. The van der Waals surface area contributed by atoms with Gasteiger partial charge < -0.3 is 25.8 Å². The van der Waals surface area contributed by atoms with Crippen molar-refractivity contribution in [3.8, 4) is 0 Å². The zero-order valence-corrected chi connectivity index (χ0v) is 29.2. The summed E-state index contributed by atoms with van der Waals surface area (Å²) in [5.74, 6) is -0.673. The molecule has 2 saturated carbocycles. The number of benzene rings is 4. The van der Waals surface area contributed by atoms with Gasteiger partial charge in [-0.3, -0.25) is 4.90 Å². The maximum Gasteiger partial charge on any atom is 0.337 e.